The summed E-state index contributed by atoms with van der Waals surface area (Å²) in [7, 11) is 0. The third-order valence-corrected chi connectivity index (χ3v) is 3.96. The van der Waals surface area contributed by atoms with Gasteiger partial charge in [0.1, 0.15) is 6.61 Å². The highest BCUT2D eigenvalue weighted by molar-refractivity contribution is 8.13. The summed E-state index contributed by atoms with van der Waals surface area (Å²) in [4.78, 5) is 24.3. The van der Waals surface area contributed by atoms with E-state index in [0.717, 1.165) is 17.3 Å². The van der Waals surface area contributed by atoms with E-state index >= 15 is 0 Å². The third kappa shape index (κ3) is 3.84. The largest absolute Gasteiger partial charge is 0.459 e. The van der Waals surface area contributed by atoms with Crippen molar-refractivity contribution in [1.82, 2.24) is 0 Å². The minimum Gasteiger partial charge on any atom is -0.459 e. The molecule has 1 aromatic rings. The SMILES string of the molecule is CCSC(=O)C(N)(C(=O)OCc1ccccc1)C(C)C. The van der Waals surface area contributed by atoms with Gasteiger partial charge in [0.25, 0.3) is 0 Å². The number of ether oxygens (including phenoxy) is 1. The van der Waals surface area contributed by atoms with E-state index < -0.39 is 11.5 Å². The monoisotopic (exact) mass is 295 g/mol. The first-order chi connectivity index (χ1) is 9.42. The summed E-state index contributed by atoms with van der Waals surface area (Å²) in [5, 5.41) is -0.340. The number of hydrogen-bond acceptors (Lipinski definition) is 5. The van der Waals surface area contributed by atoms with Crippen LogP contribution in [-0.2, 0) is 20.9 Å². The molecule has 5 heteroatoms. The van der Waals surface area contributed by atoms with E-state index in [1.807, 2.05) is 37.3 Å². The molecule has 0 aliphatic rings. The van der Waals surface area contributed by atoms with Gasteiger partial charge in [-0.05, 0) is 17.2 Å². The van der Waals surface area contributed by atoms with Gasteiger partial charge < -0.3 is 10.5 Å². The van der Waals surface area contributed by atoms with Gasteiger partial charge in [0.15, 0.2) is 5.54 Å². The van der Waals surface area contributed by atoms with Crippen LogP contribution in [0.25, 0.3) is 0 Å². The Morgan fingerprint density at radius 1 is 1.30 bits per heavy atom. The summed E-state index contributed by atoms with van der Waals surface area (Å²) in [5.41, 5.74) is 5.31. The lowest BCUT2D eigenvalue weighted by molar-refractivity contribution is -0.155. The molecule has 2 N–H and O–H groups in total. The minimum absolute atomic E-state index is 0.120. The fourth-order valence-corrected chi connectivity index (χ4v) is 2.47. The van der Waals surface area contributed by atoms with Gasteiger partial charge in [0.2, 0.25) is 5.12 Å². The van der Waals surface area contributed by atoms with Gasteiger partial charge in [0, 0.05) is 0 Å². The standard InChI is InChI=1S/C15H21NO3S/c1-4-20-14(18)15(16,11(2)3)13(17)19-10-12-8-6-5-7-9-12/h5-9,11H,4,10,16H2,1-3H3. The molecular formula is C15H21NO3S. The first kappa shape index (κ1) is 16.7. The number of nitrogens with two attached hydrogens (primary N) is 1. The average Bonchev–Trinajstić information content (AvgIpc) is 2.44. The highest BCUT2D eigenvalue weighted by Crippen LogP contribution is 2.24. The number of carbonyl (C=O) groups is 2. The normalized spacial score (nSPS) is 13.8. The predicted octanol–water partition coefficient (Wildman–Crippen LogP) is 2.36. The van der Waals surface area contributed by atoms with Crippen molar-refractivity contribution in [2.75, 3.05) is 5.75 Å². The van der Waals surface area contributed by atoms with Crippen LogP contribution < -0.4 is 5.73 Å². The van der Waals surface area contributed by atoms with Crippen molar-refractivity contribution < 1.29 is 14.3 Å². The van der Waals surface area contributed by atoms with Crippen LogP contribution in [0.3, 0.4) is 0 Å². The Morgan fingerprint density at radius 3 is 2.40 bits per heavy atom. The van der Waals surface area contributed by atoms with Crippen LogP contribution in [0.2, 0.25) is 0 Å². The summed E-state index contributed by atoms with van der Waals surface area (Å²) >= 11 is 1.05. The van der Waals surface area contributed by atoms with Crippen LogP contribution >= 0.6 is 11.8 Å². The Balaban J connectivity index is 2.77. The number of rotatable bonds is 6. The molecule has 0 aliphatic heterocycles. The Morgan fingerprint density at radius 2 is 1.90 bits per heavy atom. The molecule has 0 amide bonds. The van der Waals surface area contributed by atoms with Crippen molar-refractivity contribution in [1.29, 1.82) is 0 Å². The zero-order valence-electron chi connectivity index (χ0n) is 12.1. The highest BCUT2D eigenvalue weighted by Gasteiger charge is 2.46. The molecule has 1 unspecified atom stereocenters. The maximum absolute atomic E-state index is 12.2. The molecule has 0 aliphatic carbocycles. The molecule has 20 heavy (non-hydrogen) atoms. The zero-order valence-corrected chi connectivity index (χ0v) is 12.9. The Hall–Kier alpha value is -1.33. The van der Waals surface area contributed by atoms with E-state index in [4.69, 9.17) is 10.5 Å². The van der Waals surface area contributed by atoms with Gasteiger partial charge in [-0.15, -0.1) is 0 Å². The summed E-state index contributed by atoms with van der Waals surface area (Å²) in [6.45, 7) is 5.46. The van der Waals surface area contributed by atoms with Gasteiger partial charge in [-0.1, -0.05) is 62.9 Å². The molecule has 110 valence electrons. The Labute approximate surface area is 124 Å². The second-order valence-corrected chi connectivity index (χ2v) is 6.04. The molecule has 1 aromatic carbocycles. The number of esters is 1. The van der Waals surface area contributed by atoms with Crippen LogP contribution in [0.4, 0.5) is 0 Å². The van der Waals surface area contributed by atoms with Crippen molar-refractivity contribution in [2.45, 2.75) is 32.9 Å². The van der Waals surface area contributed by atoms with Crippen LogP contribution in [0.15, 0.2) is 30.3 Å². The quantitative estimate of drug-likeness (QED) is 0.644. The van der Waals surface area contributed by atoms with Crippen LogP contribution in [0.1, 0.15) is 26.3 Å². The van der Waals surface area contributed by atoms with Crippen molar-refractivity contribution in [3.05, 3.63) is 35.9 Å². The minimum atomic E-state index is -1.59. The van der Waals surface area contributed by atoms with Crippen LogP contribution in [0.5, 0.6) is 0 Å². The Bertz CT molecular complexity index is 461. The first-order valence-electron chi connectivity index (χ1n) is 6.60. The highest BCUT2D eigenvalue weighted by atomic mass is 32.2. The fourth-order valence-electron chi connectivity index (χ4n) is 1.65. The van der Waals surface area contributed by atoms with Crippen molar-refractivity contribution in [2.24, 2.45) is 11.7 Å². The lowest BCUT2D eigenvalue weighted by Gasteiger charge is -2.28. The fraction of sp³-hybridized carbons (Fsp3) is 0.467. The lowest BCUT2D eigenvalue weighted by Crippen LogP contribution is -2.58. The molecule has 0 heterocycles. The third-order valence-electron chi connectivity index (χ3n) is 3.07. The van der Waals surface area contributed by atoms with Gasteiger partial charge in [-0.3, -0.25) is 4.79 Å². The van der Waals surface area contributed by atoms with E-state index in [1.54, 1.807) is 13.8 Å². The van der Waals surface area contributed by atoms with Crippen LogP contribution in [-0.4, -0.2) is 22.4 Å². The summed E-state index contributed by atoms with van der Waals surface area (Å²) in [6, 6.07) is 9.31. The maximum Gasteiger partial charge on any atom is 0.335 e. The number of benzene rings is 1. The molecule has 1 rings (SSSR count). The molecule has 4 nitrogen and oxygen atoms in total. The lowest BCUT2D eigenvalue weighted by atomic mass is 9.89. The molecule has 0 fully saturated rings. The maximum atomic E-state index is 12.2. The molecule has 0 saturated heterocycles. The number of hydrogen-bond donors (Lipinski definition) is 1. The van der Waals surface area contributed by atoms with E-state index in [-0.39, 0.29) is 17.6 Å². The van der Waals surface area contributed by atoms with E-state index in [0.29, 0.717) is 5.75 Å². The molecule has 0 bridgehead atoms. The number of carbonyl (C=O) groups excluding carboxylic acids is 2. The molecule has 0 aromatic heterocycles. The van der Waals surface area contributed by atoms with Gasteiger partial charge in [-0.25, -0.2) is 4.79 Å². The Kier molecular flexibility index (Phi) is 6.23. The van der Waals surface area contributed by atoms with Crippen molar-refractivity contribution in [3.8, 4) is 0 Å². The predicted molar refractivity (Wildman–Crippen MR) is 81.1 cm³/mol. The molecule has 0 saturated carbocycles. The summed E-state index contributed by atoms with van der Waals surface area (Å²) in [6.07, 6.45) is 0. The van der Waals surface area contributed by atoms with Gasteiger partial charge >= 0.3 is 5.97 Å². The molecular weight excluding hydrogens is 274 g/mol. The topological polar surface area (TPSA) is 69.4 Å². The first-order valence-corrected chi connectivity index (χ1v) is 7.58. The average molecular weight is 295 g/mol. The molecule has 1 atom stereocenters. The molecule has 0 radical (unpaired) electrons. The zero-order chi connectivity index (χ0) is 15.2. The smallest absolute Gasteiger partial charge is 0.335 e. The van der Waals surface area contributed by atoms with Gasteiger partial charge in [-0.2, -0.15) is 0 Å². The number of thioether (sulfide) groups is 1. The second-order valence-electron chi connectivity index (χ2n) is 4.81. The summed E-state index contributed by atoms with van der Waals surface area (Å²) in [5.74, 6) is -0.407. The van der Waals surface area contributed by atoms with E-state index in [9.17, 15) is 9.59 Å². The van der Waals surface area contributed by atoms with E-state index in [2.05, 4.69) is 0 Å². The second kappa shape index (κ2) is 7.45. The van der Waals surface area contributed by atoms with Crippen LogP contribution in [0, 0.1) is 5.92 Å². The summed E-state index contributed by atoms with van der Waals surface area (Å²) < 4.78 is 5.22. The van der Waals surface area contributed by atoms with Crippen molar-refractivity contribution >= 4 is 22.8 Å². The molecule has 0 spiro atoms. The van der Waals surface area contributed by atoms with Gasteiger partial charge in [0.05, 0.1) is 0 Å². The van der Waals surface area contributed by atoms with Crippen molar-refractivity contribution in [3.63, 3.8) is 0 Å². The van der Waals surface area contributed by atoms with E-state index in [1.165, 1.54) is 0 Å².